The van der Waals surface area contributed by atoms with Gasteiger partial charge in [0.2, 0.25) is 0 Å². The number of imidazole rings is 1. The van der Waals surface area contributed by atoms with Crippen LogP contribution in [0.2, 0.25) is 0 Å². The van der Waals surface area contributed by atoms with Crippen LogP contribution in [0.1, 0.15) is 40.0 Å². The summed E-state index contributed by atoms with van der Waals surface area (Å²) >= 11 is 5.32. The molecule has 0 amide bonds. The zero-order chi connectivity index (χ0) is 14.2. The van der Waals surface area contributed by atoms with E-state index >= 15 is 0 Å². The Hall–Kier alpha value is -1.23. The molecule has 0 saturated heterocycles. The van der Waals surface area contributed by atoms with E-state index in [1.54, 1.807) is 4.57 Å². The lowest BCUT2D eigenvalue weighted by atomic mass is 9.89. The van der Waals surface area contributed by atoms with Gasteiger partial charge < -0.3 is 9.55 Å². The molecule has 19 heavy (non-hydrogen) atoms. The largest absolute Gasteiger partial charge is 0.330 e. The molecule has 0 bridgehead atoms. The minimum Gasteiger partial charge on any atom is -0.330 e. The number of hydrogen-bond donors (Lipinski definition) is 1. The topological polar surface area (TPSA) is 20.7 Å². The number of hydrogen-bond acceptors (Lipinski definition) is 1. The number of rotatable bonds is 4. The van der Waals surface area contributed by atoms with Crippen LogP contribution in [0.4, 0.5) is 8.78 Å². The number of nitrogens with zero attached hydrogens (tertiary/aromatic N) is 1. The Morgan fingerprint density at radius 1 is 1.16 bits per heavy atom. The number of aromatic amines is 1. The van der Waals surface area contributed by atoms with E-state index in [-0.39, 0.29) is 11.1 Å². The number of fused-ring (bicyclic) bond motifs is 1. The van der Waals surface area contributed by atoms with Crippen molar-refractivity contribution in [1.29, 1.82) is 0 Å². The third kappa shape index (κ3) is 2.00. The van der Waals surface area contributed by atoms with Crippen molar-refractivity contribution in [2.75, 3.05) is 0 Å². The molecule has 0 radical (unpaired) electrons. The lowest BCUT2D eigenvalue weighted by Crippen LogP contribution is -2.32. The molecule has 1 aromatic carbocycles. The van der Waals surface area contributed by atoms with E-state index in [1.807, 2.05) is 20.8 Å². The molecule has 0 aliphatic heterocycles. The highest BCUT2D eigenvalue weighted by atomic mass is 32.1. The highest BCUT2D eigenvalue weighted by Crippen LogP contribution is 2.34. The molecule has 2 aromatic rings. The zero-order valence-electron chi connectivity index (χ0n) is 11.4. The van der Waals surface area contributed by atoms with Crippen LogP contribution in [0, 0.1) is 16.4 Å². The molecule has 0 aliphatic carbocycles. The van der Waals surface area contributed by atoms with Gasteiger partial charge in [0.15, 0.2) is 16.4 Å². The minimum atomic E-state index is -0.840. The Balaban J connectivity index is 2.90. The maximum absolute atomic E-state index is 14.1. The van der Waals surface area contributed by atoms with E-state index in [1.165, 1.54) is 6.07 Å². The zero-order valence-corrected chi connectivity index (χ0v) is 12.2. The van der Waals surface area contributed by atoms with Gasteiger partial charge in [-0.2, -0.15) is 0 Å². The molecule has 0 unspecified atom stereocenters. The first kappa shape index (κ1) is 14.2. The first-order chi connectivity index (χ1) is 9.00. The van der Waals surface area contributed by atoms with Crippen molar-refractivity contribution in [3.8, 4) is 0 Å². The smallest absolute Gasteiger partial charge is 0.184 e. The Bertz CT molecular complexity index is 645. The second-order valence-electron chi connectivity index (χ2n) is 4.81. The van der Waals surface area contributed by atoms with Gasteiger partial charge in [-0.15, -0.1) is 0 Å². The average molecular weight is 284 g/mol. The van der Waals surface area contributed by atoms with E-state index in [9.17, 15) is 8.78 Å². The summed E-state index contributed by atoms with van der Waals surface area (Å²) in [4.78, 5) is 2.97. The fourth-order valence-electron chi connectivity index (χ4n) is 2.81. The molecule has 1 heterocycles. The Kier molecular flexibility index (Phi) is 3.76. The van der Waals surface area contributed by atoms with Gasteiger partial charge >= 0.3 is 0 Å². The van der Waals surface area contributed by atoms with Gasteiger partial charge in [-0.25, -0.2) is 8.78 Å². The molecular formula is C14H18F2N2S. The van der Waals surface area contributed by atoms with E-state index in [0.717, 1.165) is 25.3 Å². The lowest BCUT2D eigenvalue weighted by molar-refractivity contribution is 0.253. The molecule has 2 nitrogen and oxygen atoms in total. The molecular weight excluding hydrogens is 266 g/mol. The van der Waals surface area contributed by atoms with Gasteiger partial charge in [-0.1, -0.05) is 20.8 Å². The molecule has 0 spiro atoms. The van der Waals surface area contributed by atoms with Gasteiger partial charge in [-0.05, 0) is 43.6 Å². The molecule has 1 N–H and O–H groups in total. The summed E-state index contributed by atoms with van der Waals surface area (Å²) < 4.78 is 29.9. The number of halogens is 2. The number of nitrogens with one attached hydrogen (secondary N) is 1. The summed E-state index contributed by atoms with van der Waals surface area (Å²) in [7, 11) is 0. The average Bonchev–Trinajstić information content (AvgIpc) is 2.75. The van der Waals surface area contributed by atoms with Crippen LogP contribution in [0.5, 0.6) is 0 Å². The molecule has 1 aromatic heterocycles. The highest BCUT2D eigenvalue weighted by molar-refractivity contribution is 7.71. The monoisotopic (exact) mass is 284 g/mol. The Morgan fingerprint density at radius 2 is 1.74 bits per heavy atom. The molecule has 5 heteroatoms. The van der Waals surface area contributed by atoms with Gasteiger partial charge in [0, 0.05) is 5.54 Å². The third-order valence-corrected chi connectivity index (χ3v) is 4.47. The molecule has 0 fully saturated rings. The van der Waals surface area contributed by atoms with E-state index in [0.29, 0.717) is 10.3 Å². The summed E-state index contributed by atoms with van der Waals surface area (Å²) in [5, 5.41) is 0. The normalized spacial score (nSPS) is 12.3. The number of aromatic nitrogens is 2. The summed E-state index contributed by atoms with van der Waals surface area (Å²) in [6.45, 7) is 6.14. The number of benzene rings is 1. The van der Waals surface area contributed by atoms with E-state index in [4.69, 9.17) is 12.2 Å². The fourth-order valence-corrected chi connectivity index (χ4v) is 3.20. The summed E-state index contributed by atoms with van der Waals surface area (Å²) in [5.74, 6) is -1.67. The second kappa shape index (κ2) is 5.04. The van der Waals surface area contributed by atoms with Crippen molar-refractivity contribution >= 4 is 23.3 Å². The molecule has 2 rings (SSSR count). The van der Waals surface area contributed by atoms with Gasteiger partial charge in [0.1, 0.15) is 5.52 Å². The van der Waals surface area contributed by atoms with Crippen LogP contribution in [0.3, 0.4) is 0 Å². The number of H-pyrrole nitrogens is 1. The van der Waals surface area contributed by atoms with Crippen molar-refractivity contribution in [2.24, 2.45) is 0 Å². The van der Waals surface area contributed by atoms with E-state index < -0.39 is 11.6 Å². The van der Waals surface area contributed by atoms with Crippen molar-refractivity contribution < 1.29 is 8.78 Å². The first-order valence-corrected chi connectivity index (χ1v) is 7.00. The quantitative estimate of drug-likeness (QED) is 0.792. The Morgan fingerprint density at radius 3 is 2.26 bits per heavy atom. The van der Waals surface area contributed by atoms with Crippen LogP contribution < -0.4 is 0 Å². The fraction of sp³-hybridized carbons (Fsp3) is 0.500. The highest BCUT2D eigenvalue weighted by Gasteiger charge is 2.30. The lowest BCUT2D eigenvalue weighted by Gasteiger charge is -2.33. The first-order valence-electron chi connectivity index (χ1n) is 6.60. The van der Waals surface area contributed by atoms with Gasteiger partial charge in [0.25, 0.3) is 0 Å². The molecule has 0 saturated carbocycles. The SMILES string of the molecule is CCC(CC)(CC)n1c(=S)[nH]c2ccc(F)c(F)c21. The van der Waals surface area contributed by atoms with Crippen LogP contribution in [0.25, 0.3) is 11.0 Å². The van der Waals surface area contributed by atoms with Gasteiger partial charge in [-0.3, -0.25) is 0 Å². The summed E-state index contributed by atoms with van der Waals surface area (Å²) in [5.41, 5.74) is 0.517. The molecule has 0 aliphatic rings. The van der Waals surface area contributed by atoms with Crippen molar-refractivity contribution in [2.45, 2.75) is 45.6 Å². The van der Waals surface area contributed by atoms with Crippen LogP contribution in [0.15, 0.2) is 12.1 Å². The van der Waals surface area contributed by atoms with Crippen LogP contribution in [-0.4, -0.2) is 9.55 Å². The second-order valence-corrected chi connectivity index (χ2v) is 5.19. The third-order valence-electron chi connectivity index (χ3n) is 4.19. The van der Waals surface area contributed by atoms with Crippen LogP contribution >= 0.6 is 12.2 Å². The molecule has 104 valence electrons. The maximum atomic E-state index is 14.1. The molecule has 0 atom stereocenters. The van der Waals surface area contributed by atoms with Crippen molar-refractivity contribution in [3.05, 3.63) is 28.5 Å². The standard InChI is InChI=1S/C14H18F2N2S/c1-4-14(5-2,6-3)18-12-10(17-13(18)19)8-7-9(15)11(12)16/h7-8H,4-6H2,1-3H3,(H,17,19). The predicted octanol–water partition coefficient (Wildman–Crippen LogP) is 4.90. The summed E-state index contributed by atoms with van der Waals surface area (Å²) in [6, 6.07) is 2.66. The van der Waals surface area contributed by atoms with Crippen molar-refractivity contribution in [1.82, 2.24) is 9.55 Å². The summed E-state index contributed by atoms with van der Waals surface area (Å²) in [6.07, 6.45) is 2.45. The maximum Gasteiger partial charge on any atom is 0.184 e. The van der Waals surface area contributed by atoms with Gasteiger partial charge in [0.05, 0.1) is 5.52 Å². The predicted molar refractivity (Wildman–Crippen MR) is 75.9 cm³/mol. The minimum absolute atomic E-state index is 0.246. The Labute approximate surface area is 116 Å². The van der Waals surface area contributed by atoms with Crippen LogP contribution in [-0.2, 0) is 5.54 Å². The van der Waals surface area contributed by atoms with E-state index in [2.05, 4.69) is 4.98 Å². The van der Waals surface area contributed by atoms with Crippen molar-refractivity contribution in [3.63, 3.8) is 0 Å².